The van der Waals surface area contributed by atoms with Crippen LogP contribution in [0.25, 0.3) is 0 Å². The van der Waals surface area contributed by atoms with Crippen molar-refractivity contribution in [2.75, 3.05) is 27.2 Å². The van der Waals surface area contributed by atoms with Gasteiger partial charge in [-0.25, -0.2) is 0 Å². The highest BCUT2D eigenvalue weighted by molar-refractivity contribution is 5.85. The van der Waals surface area contributed by atoms with Crippen molar-refractivity contribution in [2.24, 2.45) is 5.41 Å². The molecular weight excluding hydrogens is 252 g/mol. The Kier molecular flexibility index (Phi) is 4.78. The second-order valence-electron chi connectivity index (χ2n) is 5.97. The Bertz CT molecular complexity index is 441. The van der Waals surface area contributed by atoms with Crippen molar-refractivity contribution in [3.8, 4) is 0 Å². The predicted molar refractivity (Wildman–Crippen MR) is 79.2 cm³/mol. The van der Waals surface area contributed by atoms with Crippen LogP contribution in [0.15, 0.2) is 30.3 Å². The molecule has 1 saturated carbocycles. The maximum absolute atomic E-state index is 12.3. The normalized spacial score (nSPS) is 17.8. The molecule has 20 heavy (non-hydrogen) atoms. The Morgan fingerprint density at radius 1 is 1.35 bits per heavy atom. The molecule has 1 aliphatic rings. The Labute approximate surface area is 120 Å². The molecule has 110 valence electrons. The van der Waals surface area contributed by atoms with Crippen LogP contribution in [0, 0.1) is 5.41 Å². The second-order valence-corrected chi connectivity index (χ2v) is 5.97. The molecule has 0 aromatic heterocycles. The topological polar surface area (TPSA) is 52.6 Å². The van der Waals surface area contributed by atoms with E-state index in [9.17, 15) is 9.90 Å². The molecule has 0 heterocycles. The number of carbonyl (C=O) groups excluding carboxylic acids is 1. The zero-order valence-electron chi connectivity index (χ0n) is 12.3. The van der Waals surface area contributed by atoms with Crippen LogP contribution < -0.4 is 5.32 Å². The highest BCUT2D eigenvalue weighted by Gasteiger charge is 2.49. The van der Waals surface area contributed by atoms with Gasteiger partial charge in [-0.3, -0.25) is 4.79 Å². The average Bonchev–Trinajstić information content (AvgIpc) is 3.25. The number of aliphatic hydroxyl groups excluding tert-OH is 1. The number of nitrogens with one attached hydrogen (secondary N) is 1. The summed E-state index contributed by atoms with van der Waals surface area (Å²) in [5.41, 5.74) is 0.613. The van der Waals surface area contributed by atoms with Gasteiger partial charge in [0, 0.05) is 0 Å². The zero-order valence-corrected chi connectivity index (χ0v) is 12.3. The Hall–Kier alpha value is -1.39. The van der Waals surface area contributed by atoms with Gasteiger partial charge in [0.05, 0.1) is 18.1 Å². The van der Waals surface area contributed by atoms with E-state index in [-0.39, 0.29) is 18.6 Å². The summed E-state index contributed by atoms with van der Waals surface area (Å²) < 4.78 is 0. The van der Waals surface area contributed by atoms with Crippen molar-refractivity contribution in [3.63, 3.8) is 0 Å². The van der Waals surface area contributed by atoms with E-state index in [1.807, 2.05) is 44.4 Å². The van der Waals surface area contributed by atoms with Gasteiger partial charge in [-0.05, 0) is 45.5 Å². The van der Waals surface area contributed by atoms with E-state index in [0.29, 0.717) is 0 Å². The van der Waals surface area contributed by atoms with Crippen molar-refractivity contribution in [1.82, 2.24) is 10.2 Å². The molecule has 2 N–H and O–H groups in total. The number of nitrogens with zero attached hydrogens (tertiary/aromatic N) is 1. The fourth-order valence-electron chi connectivity index (χ4n) is 2.31. The van der Waals surface area contributed by atoms with Crippen molar-refractivity contribution in [3.05, 3.63) is 35.9 Å². The van der Waals surface area contributed by atoms with Gasteiger partial charge in [0.25, 0.3) is 0 Å². The molecule has 0 radical (unpaired) electrons. The largest absolute Gasteiger partial charge is 0.395 e. The van der Waals surface area contributed by atoms with Gasteiger partial charge in [-0.2, -0.15) is 0 Å². The second kappa shape index (κ2) is 6.37. The van der Waals surface area contributed by atoms with Gasteiger partial charge >= 0.3 is 0 Å². The number of carbonyl (C=O) groups is 1. The van der Waals surface area contributed by atoms with Gasteiger partial charge in [0.1, 0.15) is 0 Å². The minimum Gasteiger partial charge on any atom is -0.395 e. The monoisotopic (exact) mass is 276 g/mol. The van der Waals surface area contributed by atoms with E-state index in [2.05, 4.69) is 10.2 Å². The van der Waals surface area contributed by atoms with Crippen molar-refractivity contribution >= 4 is 5.91 Å². The molecular formula is C16H24N2O2. The maximum atomic E-state index is 12.3. The van der Waals surface area contributed by atoms with Crippen molar-refractivity contribution in [1.29, 1.82) is 0 Å². The first-order valence-corrected chi connectivity index (χ1v) is 7.19. The fourth-order valence-corrected chi connectivity index (χ4v) is 2.31. The van der Waals surface area contributed by atoms with Crippen LogP contribution in [0.5, 0.6) is 0 Å². The summed E-state index contributed by atoms with van der Waals surface area (Å²) in [4.78, 5) is 14.4. The molecule has 1 aliphatic carbocycles. The molecule has 0 spiro atoms. The molecule has 0 saturated heterocycles. The lowest BCUT2D eigenvalue weighted by molar-refractivity contribution is -0.128. The Morgan fingerprint density at radius 2 is 2.00 bits per heavy atom. The minimum absolute atomic E-state index is 0.00684. The van der Waals surface area contributed by atoms with Crippen molar-refractivity contribution in [2.45, 2.75) is 25.3 Å². The fraction of sp³-hybridized carbons (Fsp3) is 0.562. The summed E-state index contributed by atoms with van der Waals surface area (Å²) >= 11 is 0. The number of hydrogen-bond acceptors (Lipinski definition) is 3. The van der Waals surface area contributed by atoms with Crippen LogP contribution in [0.2, 0.25) is 0 Å². The quantitative estimate of drug-likeness (QED) is 0.795. The molecule has 4 nitrogen and oxygen atoms in total. The van der Waals surface area contributed by atoms with Gasteiger partial charge < -0.3 is 15.3 Å². The van der Waals surface area contributed by atoms with E-state index in [1.165, 1.54) is 0 Å². The first-order valence-electron chi connectivity index (χ1n) is 7.19. The summed E-state index contributed by atoms with van der Waals surface area (Å²) in [5, 5.41) is 12.5. The lowest BCUT2D eigenvalue weighted by atomic mass is 10.0. The van der Waals surface area contributed by atoms with Gasteiger partial charge in [-0.1, -0.05) is 30.3 Å². The number of hydrogen-bond donors (Lipinski definition) is 2. The Morgan fingerprint density at radius 3 is 2.50 bits per heavy atom. The standard InChI is InChI=1S/C16H24N2O2/c1-18(2)11-8-14(13-6-4-3-5-7-13)17-15(20)16(12-19)9-10-16/h3-7,14,19H,8-12H2,1-2H3,(H,17,20). The third kappa shape index (κ3) is 3.58. The number of aliphatic hydroxyl groups is 1. The van der Waals surface area contributed by atoms with Crippen LogP contribution in [-0.2, 0) is 4.79 Å². The van der Waals surface area contributed by atoms with Crippen LogP contribution in [0.4, 0.5) is 0 Å². The first-order chi connectivity index (χ1) is 9.57. The SMILES string of the molecule is CN(C)CCC(NC(=O)C1(CO)CC1)c1ccccc1. The number of amides is 1. The van der Waals surface area contributed by atoms with E-state index in [4.69, 9.17) is 0 Å². The summed E-state index contributed by atoms with van der Waals surface area (Å²) in [5.74, 6) is -0.00684. The average molecular weight is 276 g/mol. The van der Waals surface area contributed by atoms with Crippen molar-refractivity contribution < 1.29 is 9.90 Å². The van der Waals surface area contributed by atoms with Crippen LogP contribution >= 0.6 is 0 Å². The van der Waals surface area contributed by atoms with E-state index < -0.39 is 5.41 Å². The third-order valence-corrected chi connectivity index (χ3v) is 4.01. The van der Waals surface area contributed by atoms with Crippen LogP contribution in [-0.4, -0.2) is 43.2 Å². The van der Waals surface area contributed by atoms with E-state index in [1.54, 1.807) is 0 Å². The highest BCUT2D eigenvalue weighted by atomic mass is 16.3. The maximum Gasteiger partial charge on any atom is 0.229 e. The highest BCUT2D eigenvalue weighted by Crippen LogP contribution is 2.45. The molecule has 1 aromatic rings. The summed E-state index contributed by atoms with van der Waals surface area (Å²) in [7, 11) is 4.06. The lowest BCUT2D eigenvalue weighted by Crippen LogP contribution is -2.37. The molecule has 1 atom stereocenters. The van der Waals surface area contributed by atoms with Gasteiger partial charge in [0.2, 0.25) is 5.91 Å². The molecule has 4 heteroatoms. The predicted octanol–water partition coefficient (Wildman–Crippen LogP) is 1.57. The number of benzene rings is 1. The smallest absolute Gasteiger partial charge is 0.229 e. The summed E-state index contributed by atoms with van der Waals surface area (Å²) in [6.45, 7) is 0.861. The zero-order chi connectivity index (χ0) is 14.6. The van der Waals surface area contributed by atoms with Crippen LogP contribution in [0.1, 0.15) is 30.9 Å². The Balaban J connectivity index is 2.05. The van der Waals surface area contributed by atoms with Gasteiger partial charge in [0.15, 0.2) is 0 Å². The molecule has 0 aliphatic heterocycles. The molecule has 1 unspecified atom stereocenters. The molecule has 1 amide bonds. The minimum atomic E-state index is -0.509. The van der Waals surface area contributed by atoms with E-state index in [0.717, 1.165) is 31.4 Å². The number of rotatable bonds is 7. The van der Waals surface area contributed by atoms with Crippen LogP contribution in [0.3, 0.4) is 0 Å². The molecule has 0 bridgehead atoms. The molecule has 1 fully saturated rings. The summed E-state index contributed by atoms with van der Waals surface area (Å²) in [6.07, 6.45) is 2.46. The third-order valence-electron chi connectivity index (χ3n) is 4.01. The molecule has 1 aromatic carbocycles. The molecule has 2 rings (SSSR count). The van der Waals surface area contributed by atoms with E-state index >= 15 is 0 Å². The first kappa shape index (κ1) is 15.0. The van der Waals surface area contributed by atoms with Gasteiger partial charge in [-0.15, -0.1) is 0 Å². The lowest BCUT2D eigenvalue weighted by Gasteiger charge is -2.23. The summed E-state index contributed by atoms with van der Waals surface area (Å²) in [6, 6.07) is 10.0.